The van der Waals surface area contributed by atoms with Crippen LogP contribution in [0.3, 0.4) is 0 Å². The molecule has 1 aromatic rings. The zero-order valence-electron chi connectivity index (χ0n) is 14.9. The summed E-state index contributed by atoms with van der Waals surface area (Å²) in [6.07, 6.45) is 0.151. The molecule has 0 spiro atoms. The second kappa shape index (κ2) is 7.83. The second-order valence-corrected chi connectivity index (χ2v) is 7.70. The molecular weight excluding hydrogens is 322 g/mol. The van der Waals surface area contributed by atoms with Crippen molar-refractivity contribution in [3.8, 4) is 0 Å². The molecule has 130 valence electrons. The van der Waals surface area contributed by atoms with Crippen molar-refractivity contribution in [1.29, 1.82) is 0 Å². The van der Waals surface area contributed by atoms with E-state index in [0.29, 0.717) is 0 Å². The van der Waals surface area contributed by atoms with E-state index in [1.165, 1.54) is 11.8 Å². The minimum absolute atomic E-state index is 0.0338. The fourth-order valence-corrected chi connectivity index (χ4v) is 3.81. The number of amides is 2. The van der Waals surface area contributed by atoms with Gasteiger partial charge in [0.2, 0.25) is 11.8 Å². The van der Waals surface area contributed by atoms with Crippen molar-refractivity contribution in [2.24, 2.45) is 4.99 Å². The number of carbonyl (C=O) groups excluding carboxylic acids is 2. The van der Waals surface area contributed by atoms with Crippen molar-refractivity contribution in [2.45, 2.75) is 58.4 Å². The van der Waals surface area contributed by atoms with Gasteiger partial charge in [0, 0.05) is 24.2 Å². The maximum Gasteiger partial charge on any atom is 0.242 e. The van der Waals surface area contributed by atoms with E-state index in [1.54, 1.807) is 4.90 Å². The highest BCUT2D eigenvalue weighted by Gasteiger charge is 2.40. The Kier molecular flexibility index (Phi) is 6.04. The van der Waals surface area contributed by atoms with Gasteiger partial charge in [-0.2, -0.15) is 0 Å². The van der Waals surface area contributed by atoms with Crippen LogP contribution in [0.2, 0.25) is 0 Å². The Labute approximate surface area is 147 Å². The van der Waals surface area contributed by atoms with Crippen molar-refractivity contribution in [3.05, 3.63) is 29.8 Å². The highest BCUT2D eigenvalue weighted by molar-refractivity contribution is 8.15. The smallest absolute Gasteiger partial charge is 0.242 e. The van der Waals surface area contributed by atoms with E-state index >= 15 is 0 Å². The molecule has 5 nitrogen and oxygen atoms in total. The Morgan fingerprint density at radius 3 is 2.42 bits per heavy atom. The summed E-state index contributed by atoms with van der Waals surface area (Å²) in [5, 5.41) is 3.17. The number of carbonyl (C=O) groups is 2. The molecule has 0 radical (unpaired) electrons. The molecule has 2 amide bonds. The minimum atomic E-state index is -0.407. The summed E-state index contributed by atoms with van der Waals surface area (Å²) in [5.74, 6) is -0.187. The number of aryl methyl sites for hydroxylation is 1. The van der Waals surface area contributed by atoms with Crippen LogP contribution < -0.4 is 5.32 Å². The van der Waals surface area contributed by atoms with Gasteiger partial charge in [0.25, 0.3) is 0 Å². The van der Waals surface area contributed by atoms with Crippen molar-refractivity contribution in [1.82, 2.24) is 4.90 Å². The van der Waals surface area contributed by atoms with Gasteiger partial charge < -0.3 is 5.32 Å². The number of hydrogen-bond donors (Lipinski definition) is 1. The van der Waals surface area contributed by atoms with E-state index < -0.39 is 5.25 Å². The van der Waals surface area contributed by atoms with Crippen molar-refractivity contribution in [2.75, 3.05) is 5.32 Å². The third kappa shape index (κ3) is 4.60. The zero-order valence-corrected chi connectivity index (χ0v) is 15.7. The predicted octanol–water partition coefficient (Wildman–Crippen LogP) is 3.44. The summed E-state index contributed by atoms with van der Waals surface area (Å²) in [6.45, 7) is 9.88. The van der Waals surface area contributed by atoms with Gasteiger partial charge in [-0.25, -0.2) is 0 Å². The highest BCUT2D eigenvalue weighted by Crippen LogP contribution is 2.31. The molecule has 0 aliphatic carbocycles. The van der Waals surface area contributed by atoms with Crippen LogP contribution in [0.5, 0.6) is 0 Å². The first-order valence-corrected chi connectivity index (χ1v) is 9.10. The summed E-state index contributed by atoms with van der Waals surface area (Å²) < 4.78 is 0. The van der Waals surface area contributed by atoms with E-state index in [1.807, 2.05) is 58.9 Å². The van der Waals surface area contributed by atoms with Crippen LogP contribution in [0, 0.1) is 6.92 Å². The average molecular weight is 347 g/mol. The standard InChI is InChI=1S/C18H25N3O2S/c1-11(2)19-18-21(12(3)4)17(23)15(24-18)10-16(22)20-14-8-6-13(5)7-9-14/h6-9,11-12,15H,10H2,1-5H3,(H,20,22)/t15-/m1/s1. The highest BCUT2D eigenvalue weighted by atomic mass is 32.2. The third-order valence-corrected chi connectivity index (χ3v) is 4.72. The molecule has 1 saturated heterocycles. The van der Waals surface area contributed by atoms with Gasteiger partial charge in [0.15, 0.2) is 5.17 Å². The molecule has 1 N–H and O–H groups in total. The molecule has 1 aliphatic rings. The SMILES string of the molecule is Cc1ccc(NC(=O)C[C@H]2SC(=NC(C)C)N(C(C)C)C2=O)cc1. The number of amidine groups is 1. The second-order valence-electron chi connectivity index (χ2n) is 6.53. The van der Waals surface area contributed by atoms with Gasteiger partial charge in [-0.05, 0) is 46.8 Å². The molecule has 1 aliphatic heterocycles. The Hall–Kier alpha value is -1.82. The lowest BCUT2D eigenvalue weighted by Crippen LogP contribution is -2.38. The van der Waals surface area contributed by atoms with Crippen LogP contribution >= 0.6 is 11.8 Å². The maximum absolute atomic E-state index is 12.6. The number of anilines is 1. The first-order chi connectivity index (χ1) is 11.3. The molecular formula is C18H25N3O2S. The summed E-state index contributed by atoms with van der Waals surface area (Å²) in [4.78, 5) is 31.1. The van der Waals surface area contributed by atoms with Crippen molar-refractivity contribution < 1.29 is 9.59 Å². The van der Waals surface area contributed by atoms with Gasteiger partial charge in [-0.15, -0.1) is 0 Å². The number of nitrogens with one attached hydrogen (secondary N) is 1. The third-order valence-electron chi connectivity index (χ3n) is 3.56. The predicted molar refractivity (Wildman–Crippen MR) is 100 cm³/mol. The monoisotopic (exact) mass is 347 g/mol. The van der Waals surface area contributed by atoms with E-state index in [-0.39, 0.29) is 30.3 Å². The van der Waals surface area contributed by atoms with Crippen LogP contribution in [0.15, 0.2) is 29.3 Å². The molecule has 0 unspecified atom stereocenters. The van der Waals surface area contributed by atoms with E-state index in [4.69, 9.17) is 0 Å². The van der Waals surface area contributed by atoms with Crippen LogP contribution in [0.4, 0.5) is 5.69 Å². The first-order valence-electron chi connectivity index (χ1n) is 8.22. The Balaban J connectivity index is 2.05. The van der Waals surface area contributed by atoms with Gasteiger partial charge in [-0.1, -0.05) is 29.5 Å². The summed E-state index contributed by atoms with van der Waals surface area (Å²) in [6, 6.07) is 7.76. The molecule has 24 heavy (non-hydrogen) atoms. The average Bonchev–Trinajstić information content (AvgIpc) is 2.76. The normalized spacial score (nSPS) is 19.6. The number of thioether (sulfide) groups is 1. The summed E-state index contributed by atoms with van der Waals surface area (Å²) in [5.41, 5.74) is 1.88. The molecule has 2 rings (SSSR count). The number of rotatable bonds is 5. The van der Waals surface area contributed by atoms with E-state index in [0.717, 1.165) is 16.4 Å². The number of aliphatic imine (C=N–C) groups is 1. The first kappa shape index (κ1) is 18.5. The van der Waals surface area contributed by atoms with Gasteiger partial charge in [0.05, 0.1) is 0 Å². The molecule has 1 atom stereocenters. The van der Waals surface area contributed by atoms with Crippen LogP contribution in [-0.4, -0.2) is 39.2 Å². The maximum atomic E-state index is 12.6. The lowest BCUT2D eigenvalue weighted by molar-refractivity contribution is -0.129. The largest absolute Gasteiger partial charge is 0.326 e. The number of nitrogens with zero attached hydrogens (tertiary/aromatic N) is 2. The summed E-state index contributed by atoms with van der Waals surface area (Å²) in [7, 11) is 0. The topological polar surface area (TPSA) is 61.8 Å². The number of benzene rings is 1. The number of hydrogen-bond acceptors (Lipinski definition) is 4. The minimum Gasteiger partial charge on any atom is -0.326 e. The van der Waals surface area contributed by atoms with Gasteiger partial charge >= 0.3 is 0 Å². The Morgan fingerprint density at radius 2 is 1.88 bits per heavy atom. The lowest BCUT2D eigenvalue weighted by atomic mass is 10.2. The summed E-state index contributed by atoms with van der Waals surface area (Å²) >= 11 is 1.39. The van der Waals surface area contributed by atoms with Gasteiger partial charge in [0.1, 0.15) is 5.25 Å². The molecule has 1 heterocycles. The fraction of sp³-hybridized carbons (Fsp3) is 0.500. The Bertz CT molecular complexity index is 638. The Morgan fingerprint density at radius 1 is 1.25 bits per heavy atom. The van der Waals surface area contributed by atoms with E-state index in [9.17, 15) is 9.59 Å². The van der Waals surface area contributed by atoms with E-state index in [2.05, 4.69) is 10.3 Å². The quantitative estimate of drug-likeness (QED) is 0.887. The lowest BCUT2D eigenvalue weighted by Gasteiger charge is -2.21. The molecule has 1 aromatic carbocycles. The van der Waals surface area contributed by atoms with Gasteiger partial charge in [-0.3, -0.25) is 19.5 Å². The fourth-order valence-electron chi connectivity index (χ4n) is 2.42. The van der Waals surface area contributed by atoms with Crippen LogP contribution in [0.1, 0.15) is 39.7 Å². The molecule has 0 saturated carbocycles. The molecule has 1 fully saturated rings. The molecule has 0 aromatic heterocycles. The van der Waals surface area contributed by atoms with Crippen LogP contribution in [-0.2, 0) is 9.59 Å². The van der Waals surface area contributed by atoms with Crippen molar-refractivity contribution >= 4 is 34.4 Å². The molecule has 6 heteroatoms. The van der Waals surface area contributed by atoms with Crippen molar-refractivity contribution in [3.63, 3.8) is 0 Å². The molecule has 0 bridgehead atoms. The van der Waals surface area contributed by atoms with Crippen LogP contribution in [0.25, 0.3) is 0 Å². The zero-order chi connectivity index (χ0) is 17.9.